The highest BCUT2D eigenvalue weighted by molar-refractivity contribution is 7.84. The predicted molar refractivity (Wildman–Crippen MR) is 116 cm³/mol. The van der Waals surface area contributed by atoms with Crippen molar-refractivity contribution >= 4 is 24.8 Å². The maximum Gasteiger partial charge on any atom is 0.392 e. The number of thiol groups is 1. The fraction of sp³-hybridized carbons (Fsp3) is 0.364. The molecule has 0 aromatic heterocycles. The predicted octanol–water partition coefficient (Wildman–Crippen LogP) is 6.16. The Morgan fingerprint density at radius 3 is 2.50 bits per heavy atom. The number of hydrogen-bond donors (Lipinski definition) is 2. The van der Waals surface area contributed by atoms with Crippen molar-refractivity contribution in [2.45, 2.75) is 45.7 Å². The van der Waals surface area contributed by atoms with Gasteiger partial charge in [-0.25, -0.2) is 0 Å². The molecule has 0 fully saturated rings. The van der Waals surface area contributed by atoms with Gasteiger partial charge in [0.1, 0.15) is 12.4 Å². The number of benzene rings is 1. The third-order valence-electron chi connectivity index (χ3n) is 3.85. The summed E-state index contributed by atoms with van der Waals surface area (Å²) in [5.74, 6) is -0.233. The fourth-order valence-corrected chi connectivity index (χ4v) is 2.36. The van der Waals surface area contributed by atoms with Gasteiger partial charge in [-0.3, -0.25) is 9.79 Å². The van der Waals surface area contributed by atoms with Gasteiger partial charge in [0.15, 0.2) is 0 Å². The average molecular weight is 442 g/mol. The van der Waals surface area contributed by atoms with Gasteiger partial charge >= 0.3 is 12.1 Å². The second kappa shape index (κ2) is 13.0. The first kappa shape index (κ1) is 25.6. The SMILES string of the molecule is CC/C=C(\C=C/CC(F)(F)F)/C=N/C(C)=C(\S)COc1ccc(CCC(=O)O)cc1. The number of nitrogens with zero attached hydrogens (tertiary/aromatic N) is 1. The van der Waals surface area contributed by atoms with E-state index in [2.05, 4.69) is 17.6 Å². The summed E-state index contributed by atoms with van der Waals surface area (Å²) in [6.07, 6.45) is 1.71. The number of rotatable bonds is 11. The van der Waals surface area contributed by atoms with Crippen LogP contribution in [0.1, 0.15) is 38.7 Å². The van der Waals surface area contributed by atoms with E-state index in [9.17, 15) is 18.0 Å². The van der Waals surface area contributed by atoms with Crippen LogP contribution >= 0.6 is 12.6 Å². The number of carboxylic acid groups (broad SMARTS) is 1. The Kier molecular flexibility index (Phi) is 11.0. The van der Waals surface area contributed by atoms with Crippen molar-refractivity contribution in [2.75, 3.05) is 6.61 Å². The molecule has 0 unspecified atom stereocenters. The van der Waals surface area contributed by atoms with Crippen LogP contribution in [0.25, 0.3) is 0 Å². The molecule has 1 aromatic carbocycles. The van der Waals surface area contributed by atoms with E-state index in [4.69, 9.17) is 9.84 Å². The van der Waals surface area contributed by atoms with Crippen molar-refractivity contribution in [2.24, 2.45) is 4.99 Å². The number of aliphatic carboxylic acids is 1. The highest BCUT2D eigenvalue weighted by Gasteiger charge is 2.24. The number of aliphatic imine (C=N–C) groups is 1. The van der Waals surface area contributed by atoms with Gasteiger partial charge < -0.3 is 9.84 Å². The summed E-state index contributed by atoms with van der Waals surface area (Å²) in [5, 5.41) is 8.71. The van der Waals surface area contributed by atoms with E-state index in [1.807, 2.05) is 6.92 Å². The lowest BCUT2D eigenvalue weighted by atomic mass is 10.1. The van der Waals surface area contributed by atoms with Gasteiger partial charge in [-0.15, -0.1) is 12.6 Å². The summed E-state index contributed by atoms with van der Waals surface area (Å²) in [6.45, 7) is 3.80. The smallest absolute Gasteiger partial charge is 0.392 e. The number of allylic oxidation sites excluding steroid dienone is 5. The van der Waals surface area contributed by atoms with Gasteiger partial charge in [-0.1, -0.05) is 37.3 Å². The van der Waals surface area contributed by atoms with Crippen LogP contribution in [0, 0.1) is 0 Å². The van der Waals surface area contributed by atoms with Gasteiger partial charge in [0, 0.05) is 23.2 Å². The van der Waals surface area contributed by atoms with Crippen molar-refractivity contribution in [3.63, 3.8) is 0 Å². The second-order valence-corrected chi connectivity index (χ2v) is 6.99. The fourth-order valence-electron chi connectivity index (χ4n) is 2.23. The van der Waals surface area contributed by atoms with Crippen molar-refractivity contribution in [1.29, 1.82) is 0 Å². The van der Waals surface area contributed by atoms with Crippen molar-refractivity contribution in [3.8, 4) is 5.75 Å². The molecule has 0 spiro atoms. The van der Waals surface area contributed by atoms with E-state index in [1.165, 1.54) is 12.3 Å². The zero-order valence-electron chi connectivity index (χ0n) is 16.9. The van der Waals surface area contributed by atoms with E-state index < -0.39 is 18.6 Å². The minimum Gasteiger partial charge on any atom is -0.488 e. The minimum absolute atomic E-state index is 0.0702. The molecule has 164 valence electrons. The molecule has 30 heavy (non-hydrogen) atoms. The van der Waals surface area contributed by atoms with Crippen LogP contribution in [-0.2, 0) is 11.2 Å². The van der Waals surface area contributed by atoms with E-state index in [0.717, 1.165) is 11.6 Å². The summed E-state index contributed by atoms with van der Waals surface area (Å²) in [6, 6.07) is 7.12. The zero-order chi connectivity index (χ0) is 22.6. The zero-order valence-corrected chi connectivity index (χ0v) is 17.8. The largest absolute Gasteiger partial charge is 0.488 e. The molecule has 0 bridgehead atoms. The van der Waals surface area contributed by atoms with E-state index in [-0.39, 0.29) is 13.0 Å². The standard InChI is InChI=1S/C22H26F3NO3S/c1-3-5-18(6-4-13-22(23,24)25)14-26-16(2)20(30)15-29-19-10-7-17(8-11-19)9-12-21(27)28/h4-8,10-11,14,30H,3,9,12-13,15H2,1-2H3,(H,27,28)/b6-4-,18-5+,20-16-,26-14+. The Balaban J connectivity index is 2.66. The molecular formula is C22H26F3NO3S. The lowest BCUT2D eigenvalue weighted by Gasteiger charge is -2.08. The Morgan fingerprint density at radius 2 is 1.93 bits per heavy atom. The van der Waals surface area contributed by atoms with Crippen LogP contribution < -0.4 is 4.74 Å². The molecule has 0 atom stereocenters. The molecule has 8 heteroatoms. The van der Waals surface area contributed by atoms with E-state index in [0.29, 0.717) is 34.8 Å². The van der Waals surface area contributed by atoms with Crippen molar-refractivity contribution < 1.29 is 27.8 Å². The quantitative estimate of drug-likeness (QED) is 0.246. The molecule has 0 heterocycles. The lowest BCUT2D eigenvalue weighted by Crippen LogP contribution is -2.04. The van der Waals surface area contributed by atoms with Crippen LogP contribution in [0.3, 0.4) is 0 Å². The number of alkyl halides is 3. The third kappa shape index (κ3) is 11.5. The first-order valence-corrected chi connectivity index (χ1v) is 9.85. The molecule has 1 N–H and O–H groups in total. The Bertz CT molecular complexity index is 810. The topological polar surface area (TPSA) is 58.9 Å². The summed E-state index contributed by atoms with van der Waals surface area (Å²) in [5.41, 5.74) is 2.07. The van der Waals surface area contributed by atoms with Gasteiger partial charge in [0.05, 0.1) is 6.42 Å². The van der Waals surface area contributed by atoms with Crippen LogP contribution in [0.15, 0.2) is 63.7 Å². The summed E-state index contributed by atoms with van der Waals surface area (Å²) >= 11 is 4.38. The van der Waals surface area contributed by atoms with E-state index >= 15 is 0 Å². The minimum atomic E-state index is -4.23. The Morgan fingerprint density at radius 1 is 1.27 bits per heavy atom. The second-order valence-electron chi connectivity index (χ2n) is 6.45. The van der Waals surface area contributed by atoms with Gasteiger partial charge in [0.2, 0.25) is 0 Å². The van der Waals surface area contributed by atoms with Crippen LogP contribution in [0.2, 0.25) is 0 Å². The number of hydrogen-bond acceptors (Lipinski definition) is 4. The molecule has 0 aliphatic heterocycles. The Hall–Kier alpha value is -2.48. The number of halogens is 3. The molecule has 0 amide bonds. The highest BCUT2D eigenvalue weighted by atomic mass is 32.1. The lowest BCUT2D eigenvalue weighted by molar-refractivity contribution is -0.137. The highest BCUT2D eigenvalue weighted by Crippen LogP contribution is 2.20. The van der Waals surface area contributed by atoms with Crippen molar-refractivity contribution in [1.82, 2.24) is 0 Å². The number of carbonyl (C=O) groups is 1. The maximum atomic E-state index is 12.3. The first-order valence-electron chi connectivity index (χ1n) is 9.40. The molecule has 0 aliphatic carbocycles. The van der Waals surface area contributed by atoms with Crippen LogP contribution in [0.5, 0.6) is 5.75 Å². The average Bonchev–Trinajstić information content (AvgIpc) is 2.68. The van der Waals surface area contributed by atoms with Gasteiger partial charge in [-0.05, 0) is 43.0 Å². The molecule has 0 radical (unpaired) electrons. The summed E-state index contributed by atoms with van der Waals surface area (Å²) < 4.78 is 42.5. The number of carboxylic acids is 1. The maximum absolute atomic E-state index is 12.3. The Labute approximate surface area is 180 Å². The molecule has 1 rings (SSSR count). The monoisotopic (exact) mass is 441 g/mol. The third-order valence-corrected chi connectivity index (χ3v) is 4.30. The van der Waals surface area contributed by atoms with Crippen LogP contribution in [0.4, 0.5) is 13.2 Å². The molecule has 4 nitrogen and oxygen atoms in total. The van der Waals surface area contributed by atoms with Crippen molar-refractivity contribution in [3.05, 3.63) is 64.2 Å². The molecular weight excluding hydrogens is 415 g/mol. The molecule has 0 saturated carbocycles. The molecule has 0 saturated heterocycles. The molecule has 1 aromatic rings. The van der Waals surface area contributed by atoms with Gasteiger partial charge in [-0.2, -0.15) is 13.2 Å². The molecule has 0 aliphatic rings. The van der Waals surface area contributed by atoms with Crippen LogP contribution in [-0.4, -0.2) is 30.1 Å². The van der Waals surface area contributed by atoms with Gasteiger partial charge in [0.25, 0.3) is 0 Å². The summed E-state index contributed by atoms with van der Waals surface area (Å²) in [7, 11) is 0. The first-order chi connectivity index (χ1) is 14.1. The number of ether oxygens (including phenoxy) is 1. The number of aryl methyl sites for hydroxylation is 1. The normalized spacial score (nSPS) is 13.7. The summed E-state index contributed by atoms with van der Waals surface area (Å²) in [4.78, 5) is 15.4. The van der Waals surface area contributed by atoms with E-state index in [1.54, 1.807) is 37.3 Å².